The van der Waals surface area contributed by atoms with Crippen LogP contribution in [0.25, 0.3) is 0 Å². The van der Waals surface area contributed by atoms with Crippen molar-refractivity contribution in [2.24, 2.45) is 5.73 Å². The average molecular weight is 230 g/mol. The van der Waals surface area contributed by atoms with E-state index in [9.17, 15) is 4.79 Å². The molecular weight excluding hydrogens is 208 g/mol. The Morgan fingerprint density at radius 2 is 2.31 bits per heavy atom. The molecule has 0 aromatic heterocycles. The van der Waals surface area contributed by atoms with Crippen LogP contribution in [0.4, 0.5) is 0 Å². The van der Waals surface area contributed by atoms with Crippen molar-refractivity contribution in [1.82, 2.24) is 4.90 Å². The molecule has 1 aliphatic rings. The molecule has 16 heavy (non-hydrogen) atoms. The summed E-state index contributed by atoms with van der Waals surface area (Å²) in [5.74, 6) is 0.0432. The Labute approximate surface area is 96.9 Å². The van der Waals surface area contributed by atoms with Gasteiger partial charge in [-0.3, -0.25) is 4.79 Å². The summed E-state index contributed by atoms with van der Waals surface area (Å²) in [6.45, 7) is 3.44. The first kappa shape index (κ1) is 13.4. The molecule has 1 aliphatic heterocycles. The topological polar surface area (TPSA) is 64.8 Å². The molecule has 0 spiro atoms. The maximum absolute atomic E-state index is 11.9. The number of amides is 1. The molecule has 0 saturated carbocycles. The summed E-state index contributed by atoms with van der Waals surface area (Å²) in [7, 11) is 1.65. The largest absolute Gasteiger partial charge is 0.385 e. The number of methoxy groups -OCH3 is 1. The second-order valence-electron chi connectivity index (χ2n) is 4.03. The van der Waals surface area contributed by atoms with Crippen LogP contribution in [0, 0.1) is 0 Å². The van der Waals surface area contributed by atoms with Gasteiger partial charge in [-0.1, -0.05) is 0 Å². The molecule has 1 rings (SSSR count). The minimum atomic E-state index is -0.395. The Kier molecular flexibility index (Phi) is 6.37. The SMILES string of the molecule is COCCCC(N)C(=O)N1CCCOCC1. The second-order valence-corrected chi connectivity index (χ2v) is 4.03. The average Bonchev–Trinajstić information content (AvgIpc) is 2.56. The van der Waals surface area contributed by atoms with Crippen molar-refractivity contribution in [2.75, 3.05) is 40.0 Å². The van der Waals surface area contributed by atoms with Gasteiger partial charge in [-0.15, -0.1) is 0 Å². The molecule has 2 N–H and O–H groups in total. The number of hydrogen-bond acceptors (Lipinski definition) is 4. The van der Waals surface area contributed by atoms with Crippen molar-refractivity contribution in [3.8, 4) is 0 Å². The van der Waals surface area contributed by atoms with Crippen LogP contribution >= 0.6 is 0 Å². The van der Waals surface area contributed by atoms with Crippen LogP contribution in [-0.4, -0.2) is 56.9 Å². The Bertz CT molecular complexity index is 203. The van der Waals surface area contributed by atoms with Gasteiger partial charge in [0.25, 0.3) is 0 Å². The fourth-order valence-corrected chi connectivity index (χ4v) is 1.77. The van der Waals surface area contributed by atoms with Gasteiger partial charge in [0.05, 0.1) is 12.6 Å². The van der Waals surface area contributed by atoms with Crippen molar-refractivity contribution >= 4 is 5.91 Å². The number of nitrogens with two attached hydrogens (primary N) is 1. The summed E-state index contributed by atoms with van der Waals surface area (Å²) in [5.41, 5.74) is 5.85. The van der Waals surface area contributed by atoms with Crippen molar-refractivity contribution in [3.05, 3.63) is 0 Å². The summed E-state index contributed by atoms with van der Waals surface area (Å²) in [6.07, 6.45) is 2.41. The Balaban J connectivity index is 2.30. The molecule has 5 heteroatoms. The third-order valence-electron chi connectivity index (χ3n) is 2.71. The number of carbonyl (C=O) groups excluding carboxylic acids is 1. The monoisotopic (exact) mass is 230 g/mol. The molecule has 0 bridgehead atoms. The number of carbonyl (C=O) groups is 1. The zero-order chi connectivity index (χ0) is 11.8. The van der Waals surface area contributed by atoms with Crippen molar-refractivity contribution in [2.45, 2.75) is 25.3 Å². The summed E-state index contributed by atoms with van der Waals surface area (Å²) >= 11 is 0. The minimum Gasteiger partial charge on any atom is -0.385 e. The molecule has 0 aliphatic carbocycles. The van der Waals surface area contributed by atoms with E-state index in [1.165, 1.54) is 0 Å². The van der Waals surface area contributed by atoms with Crippen molar-refractivity contribution < 1.29 is 14.3 Å². The number of ether oxygens (including phenoxy) is 2. The third kappa shape index (κ3) is 4.47. The van der Waals surface area contributed by atoms with E-state index in [1.54, 1.807) is 7.11 Å². The molecule has 1 fully saturated rings. The molecule has 1 unspecified atom stereocenters. The number of rotatable bonds is 5. The fraction of sp³-hybridized carbons (Fsp3) is 0.909. The Morgan fingerprint density at radius 3 is 3.06 bits per heavy atom. The van der Waals surface area contributed by atoms with Gasteiger partial charge in [0.1, 0.15) is 0 Å². The quantitative estimate of drug-likeness (QED) is 0.675. The predicted octanol–water partition coefficient (Wildman–Crippen LogP) is -0.0108. The van der Waals surface area contributed by atoms with Crippen LogP contribution in [0.1, 0.15) is 19.3 Å². The normalized spacial score (nSPS) is 19.2. The highest BCUT2D eigenvalue weighted by molar-refractivity contribution is 5.81. The molecule has 94 valence electrons. The Morgan fingerprint density at radius 1 is 1.50 bits per heavy atom. The molecule has 1 saturated heterocycles. The molecule has 1 amide bonds. The van der Waals surface area contributed by atoms with E-state index in [4.69, 9.17) is 15.2 Å². The zero-order valence-electron chi connectivity index (χ0n) is 9.98. The number of hydrogen-bond donors (Lipinski definition) is 1. The molecule has 1 atom stereocenters. The van der Waals surface area contributed by atoms with Gasteiger partial charge >= 0.3 is 0 Å². The lowest BCUT2D eigenvalue weighted by atomic mass is 10.1. The van der Waals surface area contributed by atoms with E-state index in [1.807, 2.05) is 4.90 Å². The highest BCUT2D eigenvalue weighted by Crippen LogP contribution is 2.04. The van der Waals surface area contributed by atoms with Gasteiger partial charge in [0.2, 0.25) is 5.91 Å². The first-order valence-electron chi connectivity index (χ1n) is 5.86. The van der Waals surface area contributed by atoms with Crippen LogP contribution in [0.2, 0.25) is 0 Å². The predicted molar refractivity (Wildman–Crippen MR) is 61.1 cm³/mol. The highest BCUT2D eigenvalue weighted by atomic mass is 16.5. The molecular formula is C11H22N2O3. The van der Waals surface area contributed by atoms with Gasteiger partial charge in [-0.25, -0.2) is 0 Å². The van der Waals surface area contributed by atoms with E-state index in [0.29, 0.717) is 26.2 Å². The Hall–Kier alpha value is -0.650. The van der Waals surface area contributed by atoms with Crippen molar-refractivity contribution in [1.29, 1.82) is 0 Å². The van der Waals surface area contributed by atoms with Crippen LogP contribution < -0.4 is 5.73 Å². The zero-order valence-corrected chi connectivity index (χ0v) is 9.98. The fourth-order valence-electron chi connectivity index (χ4n) is 1.77. The smallest absolute Gasteiger partial charge is 0.239 e. The molecule has 5 nitrogen and oxygen atoms in total. The molecule has 0 radical (unpaired) electrons. The lowest BCUT2D eigenvalue weighted by Crippen LogP contribution is -2.44. The molecule has 1 heterocycles. The summed E-state index contributed by atoms with van der Waals surface area (Å²) < 4.78 is 10.2. The van der Waals surface area contributed by atoms with E-state index in [2.05, 4.69) is 0 Å². The summed E-state index contributed by atoms with van der Waals surface area (Å²) in [6, 6.07) is -0.395. The molecule has 0 aromatic carbocycles. The van der Waals surface area contributed by atoms with Crippen LogP contribution in [0.5, 0.6) is 0 Å². The maximum atomic E-state index is 11.9. The first-order valence-corrected chi connectivity index (χ1v) is 5.86. The van der Waals surface area contributed by atoms with Gasteiger partial charge < -0.3 is 20.1 Å². The van der Waals surface area contributed by atoms with Crippen LogP contribution in [0.15, 0.2) is 0 Å². The summed E-state index contributed by atoms with van der Waals surface area (Å²) in [5, 5.41) is 0. The van der Waals surface area contributed by atoms with E-state index >= 15 is 0 Å². The minimum absolute atomic E-state index is 0.0432. The van der Waals surface area contributed by atoms with Gasteiger partial charge in [-0.2, -0.15) is 0 Å². The maximum Gasteiger partial charge on any atom is 0.239 e. The van der Waals surface area contributed by atoms with Crippen molar-refractivity contribution in [3.63, 3.8) is 0 Å². The third-order valence-corrected chi connectivity index (χ3v) is 2.71. The van der Waals surface area contributed by atoms with Gasteiger partial charge in [0, 0.05) is 33.4 Å². The second kappa shape index (κ2) is 7.60. The van der Waals surface area contributed by atoms with E-state index in [-0.39, 0.29) is 5.91 Å². The standard InChI is InChI=1S/C11H22N2O3/c1-15-7-2-4-10(12)11(14)13-5-3-8-16-9-6-13/h10H,2-9,12H2,1H3. The van der Waals surface area contributed by atoms with Crippen LogP contribution in [0.3, 0.4) is 0 Å². The highest BCUT2D eigenvalue weighted by Gasteiger charge is 2.21. The lowest BCUT2D eigenvalue weighted by Gasteiger charge is -2.23. The van der Waals surface area contributed by atoms with Crippen LogP contribution in [-0.2, 0) is 14.3 Å². The van der Waals surface area contributed by atoms with Gasteiger partial charge in [-0.05, 0) is 19.3 Å². The first-order chi connectivity index (χ1) is 7.75. The number of nitrogens with zero attached hydrogens (tertiary/aromatic N) is 1. The van der Waals surface area contributed by atoms with E-state index in [0.717, 1.165) is 26.0 Å². The van der Waals surface area contributed by atoms with Gasteiger partial charge in [0.15, 0.2) is 0 Å². The lowest BCUT2D eigenvalue weighted by molar-refractivity contribution is -0.132. The summed E-state index contributed by atoms with van der Waals surface area (Å²) in [4.78, 5) is 13.8. The van der Waals surface area contributed by atoms with E-state index < -0.39 is 6.04 Å². The molecule has 0 aromatic rings.